The molecule has 3 aliphatic heterocycles. The summed E-state index contributed by atoms with van der Waals surface area (Å²) >= 11 is 0. The minimum Gasteiger partial charge on any atom is -0.493 e. The summed E-state index contributed by atoms with van der Waals surface area (Å²) in [6, 6.07) is 10.5. The van der Waals surface area contributed by atoms with Crippen molar-refractivity contribution in [1.29, 1.82) is 0 Å². The maximum Gasteiger partial charge on any atom is 0.419 e. The highest BCUT2D eigenvalue weighted by Crippen LogP contribution is 2.51. The predicted molar refractivity (Wildman–Crippen MR) is 145 cm³/mol. The molecule has 0 fully saturated rings. The van der Waals surface area contributed by atoms with Crippen molar-refractivity contribution in [2.24, 2.45) is 0 Å². The molecule has 202 valence electrons. The number of ether oxygens (including phenoxy) is 4. The third-order valence-corrected chi connectivity index (χ3v) is 7.26. The molecule has 0 bridgehead atoms. The zero-order valence-corrected chi connectivity index (χ0v) is 21.7. The molecule has 0 atom stereocenters. The van der Waals surface area contributed by atoms with E-state index in [1.54, 1.807) is 0 Å². The molecule has 0 saturated carbocycles. The first-order valence-electron chi connectivity index (χ1n) is 12.8. The molecule has 1 amide bonds. The number of nitro groups is 1. The normalized spacial score (nSPS) is 14.8. The van der Waals surface area contributed by atoms with Gasteiger partial charge in [0.15, 0.2) is 23.0 Å². The van der Waals surface area contributed by atoms with Gasteiger partial charge in [-0.1, -0.05) is 0 Å². The Bertz CT molecular complexity index is 1420. The molecule has 39 heavy (non-hydrogen) atoms. The van der Waals surface area contributed by atoms with E-state index in [2.05, 4.69) is 10.6 Å². The van der Waals surface area contributed by atoms with Crippen molar-refractivity contribution in [3.8, 4) is 23.0 Å². The standard InChI is InChI=1S/C28H28N4O7/c1-36-26-11-18(21(32(34)35)14-27(26)37-2)15-38-28(33)31-22-9-16-5-3-7-29-19(16)12-24(22)39-25-13-20-17(10-23(25)31)6-4-8-30-20/h9-14,29-30H,3-8,15H2,1-2H3. The van der Waals surface area contributed by atoms with Crippen LogP contribution in [0.3, 0.4) is 0 Å². The first kappa shape index (κ1) is 24.7. The molecular weight excluding hydrogens is 504 g/mol. The fourth-order valence-electron chi connectivity index (χ4n) is 5.33. The van der Waals surface area contributed by atoms with Crippen LogP contribution < -0.4 is 29.7 Å². The van der Waals surface area contributed by atoms with E-state index < -0.39 is 11.0 Å². The maximum absolute atomic E-state index is 13.8. The molecule has 0 saturated heterocycles. The van der Waals surface area contributed by atoms with Crippen molar-refractivity contribution in [3.63, 3.8) is 0 Å². The zero-order chi connectivity index (χ0) is 27.1. The molecular formula is C28H28N4O7. The van der Waals surface area contributed by atoms with Crippen LogP contribution in [-0.4, -0.2) is 38.3 Å². The van der Waals surface area contributed by atoms with Gasteiger partial charge in [-0.15, -0.1) is 0 Å². The minimum atomic E-state index is -0.669. The third kappa shape index (κ3) is 4.39. The summed E-state index contributed by atoms with van der Waals surface area (Å²) in [6.07, 6.45) is 3.04. The quantitative estimate of drug-likeness (QED) is 0.305. The van der Waals surface area contributed by atoms with Gasteiger partial charge in [0.2, 0.25) is 0 Å². The van der Waals surface area contributed by atoms with Gasteiger partial charge in [-0.05, 0) is 55.0 Å². The largest absolute Gasteiger partial charge is 0.493 e. The highest BCUT2D eigenvalue weighted by molar-refractivity contribution is 6.02. The van der Waals surface area contributed by atoms with Crippen LogP contribution in [0.25, 0.3) is 0 Å². The lowest BCUT2D eigenvalue weighted by Crippen LogP contribution is -2.30. The molecule has 11 nitrogen and oxygen atoms in total. The van der Waals surface area contributed by atoms with E-state index in [0.717, 1.165) is 61.3 Å². The van der Waals surface area contributed by atoms with Crippen molar-refractivity contribution in [3.05, 3.63) is 63.2 Å². The average Bonchev–Trinajstić information content (AvgIpc) is 2.96. The number of benzene rings is 3. The van der Waals surface area contributed by atoms with Crippen molar-refractivity contribution in [2.45, 2.75) is 32.3 Å². The molecule has 0 radical (unpaired) electrons. The molecule has 3 aromatic carbocycles. The van der Waals surface area contributed by atoms with Crippen LogP contribution in [0.1, 0.15) is 29.5 Å². The molecule has 0 spiro atoms. The Hall–Kier alpha value is -4.67. The van der Waals surface area contributed by atoms with Gasteiger partial charge in [0.05, 0.1) is 42.1 Å². The maximum atomic E-state index is 13.8. The first-order valence-corrected chi connectivity index (χ1v) is 12.8. The number of hydrogen-bond donors (Lipinski definition) is 2. The van der Waals surface area contributed by atoms with Gasteiger partial charge in [-0.25, -0.2) is 9.69 Å². The van der Waals surface area contributed by atoms with E-state index in [1.807, 2.05) is 24.3 Å². The van der Waals surface area contributed by atoms with E-state index in [1.165, 1.54) is 31.3 Å². The second kappa shape index (κ2) is 9.90. The molecule has 3 aliphatic rings. The number of fused-ring (bicyclic) bond motifs is 4. The summed E-state index contributed by atoms with van der Waals surface area (Å²) in [4.78, 5) is 26.5. The second-order valence-corrected chi connectivity index (χ2v) is 9.60. The lowest BCUT2D eigenvalue weighted by atomic mass is 9.99. The van der Waals surface area contributed by atoms with Crippen molar-refractivity contribution < 1.29 is 28.7 Å². The smallest absolute Gasteiger partial charge is 0.419 e. The van der Waals surface area contributed by atoms with Gasteiger partial charge >= 0.3 is 6.09 Å². The van der Waals surface area contributed by atoms with Crippen LogP contribution in [-0.2, 0) is 24.2 Å². The fraction of sp³-hybridized carbons (Fsp3) is 0.321. The minimum absolute atomic E-state index is 0.184. The Morgan fingerprint density at radius 2 is 1.49 bits per heavy atom. The summed E-state index contributed by atoms with van der Waals surface area (Å²) in [5, 5.41) is 18.6. The number of carbonyl (C=O) groups is 1. The van der Waals surface area contributed by atoms with Gasteiger partial charge in [-0.3, -0.25) is 10.1 Å². The van der Waals surface area contributed by atoms with Gasteiger partial charge in [0.25, 0.3) is 5.69 Å². The Kier molecular flexibility index (Phi) is 6.26. The lowest BCUT2D eigenvalue weighted by Gasteiger charge is -2.33. The Labute approximate surface area is 224 Å². The second-order valence-electron chi connectivity index (χ2n) is 9.60. The van der Waals surface area contributed by atoms with Crippen LogP contribution >= 0.6 is 0 Å². The lowest BCUT2D eigenvalue weighted by molar-refractivity contribution is -0.385. The number of nitro benzene ring substituents is 1. The number of rotatable bonds is 5. The molecule has 3 aromatic rings. The summed E-state index contributed by atoms with van der Waals surface area (Å²) in [6.45, 7) is 1.40. The fourth-order valence-corrected chi connectivity index (χ4v) is 5.33. The van der Waals surface area contributed by atoms with E-state index in [0.29, 0.717) is 28.6 Å². The molecule has 0 aliphatic carbocycles. The number of nitrogens with zero attached hydrogens (tertiary/aromatic N) is 2. The molecule has 0 unspecified atom stereocenters. The van der Waals surface area contributed by atoms with Gasteiger partial charge in [0, 0.05) is 36.6 Å². The number of nitrogens with one attached hydrogen (secondary N) is 2. The molecule has 2 N–H and O–H groups in total. The van der Waals surface area contributed by atoms with Crippen molar-refractivity contribution in [2.75, 3.05) is 42.8 Å². The number of aryl methyl sites for hydroxylation is 2. The summed E-state index contributed by atoms with van der Waals surface area (Å²) < 4.78 is 22.6. The van der Waals surface area contributed by atoms with Gasteiger partial charge in [0.1, 0.15) is 6.61 Å². The third-order valence-electron chi connectivity index (χ3n) is 7.26. The first-order chi connectivity index (χ1) is 19.0. The Morgan fingerprint density at radius 3 is 2.03 bits per heavy atom. The van der Waals surface area contributed by atoms with Crippen LogP contribution in [0, 0.1) is 10.1 Å². The van der Waals surface area contributed by atoms with Crippen molar-refractivity contribution in [1.82, 2.24) is 0 Å². The van der Waals surface area contributed by atoms with E-state index >= 15 is 0 Å². The number of carbonyl (C=O) groups excluding carboxylic acids is 1. The number of amides is 1. The number of hydrogen-bond acceptors (Lipinski definition) is 9. The summed E-state index contributed by atoms with van der Waals surface area (Å²) in [5.74, 6) is 1.57. The monoisotopic (exact) mass is 532 g/mol. The molecule has 0 aromatic heterocycles. The predicted octanol–water partition coefficient (Wildman–Crippen LogP) is 5.91. The highest BCUT2D eigenvalue weighted by atomic mass is 16.6. The molecule has 6 rings (SSSR count). The van der Waals surface area contributed by atoms with E-state index in [4.69, 9.17) is 18.9 Å². The Balaban J connectivity index is 1.39. The molecule has 11 heteroatoms. The van der Waals surface area contributed by atoms with E-state index in [-0.39, 0.29) is 23.6 Å². The zero-order valence-electron chi connectivity index (χ0n) is 21.7. The summed E-state index contributed by atoms with van der Waals surface area (Å²) in [5.41, 5.74) is 5.22. The number of anilines is 4. The highest BCUT2D eigenvalue weighted by Gasteiger charge is 2.34. The topological polar surface area (TPSA) is 124 Å². The Morgan fingerprint density at radius 1 is 0.923 bits per heavy atom. The van der Waals surface area contributed by atoms with Crippen LogP contribution in [0.2, 0.25) is 0 Å². The average molecular weight is 533 g/mol. The van der Waals surface area contributed by atoms with Gasteiger partial charge in [-0.2, -0.15) is 0 Å². The van der Waals surface area contributed by atoms with Gasteiger partial charge < -0.3 is 29.6 Å². The summed E-state index contributed by atoms with van der Waals surface area (Å²) in [7, 11) is 2.84. The SMILES string of the molecule is COc1cc(COC(=O)N2c3cc4c(cc3Oc3cc5c(cc32)CCCN5)NCCC4)c([N+](=O)[O-])cc1OC. The van der Waals surface area contributed by atoms with Crippen LogP contribution in [0.15, 0.2) is 36.4 Å². The van der Waals surface area contributed by atoms with Crippen LogP contribution in [0.4, 0.5) is 33.2 Å². The van der Waals surface area contributed by atoms with E-state index in [9.17, 15) is 14.9 Å². The number of methoxy groups -OCH3 is 2. The van der Waals surface area contributed by atoms with Crippen molar-refractivity contribution >= 4 is 34.5 Å². The van der Waals surface area contributed by atoms with Crippen LogP contribution in [0.5, 0.6) is 23.0 Å². The molecule has 3 heterocycles.